The highest BCUT2D eigenvalue weighted by atomic mass is 19.4. The minimum Gasteiger partial charge on any atom is -0.309 e. The molecule has 1 nitrogen and oxygen atoms in total. The molecular weight excluding hydrogens is 253 g/mol. The van der Waals surface area contributed by atoms with Gasteiger partial charge in [0.25, 0.3) is 6.43 Å². The summed E-state index contributed by atoms with van der Waals surface area (Å²) in [4.78, 5) is 0. The first-order valence-corrected chi connectivity index (χ1v) is 5.52. The van der Waals surface area contributed by atoms with Gasteiger partial charge in [-0.1, -0.05) is 25.1 Å². The third-order valence-corrected chi connectivity index (χ3v) is 2.48. The van der Waals surface area contributed by atoms with Gasteiger partial charge >= 0.3 is 6.18 Å². The number of likely N-dealkylation sites (N-methyl/N-ethyl adjacent to an activating group) is 1. The highest BCUT2D eigenvalue weighted by Gasteiger charge is 2.30. The maximum Gasteiger partial charge on any atom is 0.416 e. The highest BCUT2D eigenvalue weighted by molar-refractivity contribution is 5.26. The van der Waals surface area contributed by atoms with Gasteiger partial charge in [-0.05, 0) is 24.6 Å². The summed E-state index contributed by atoms with van der Waals surface area (Å²) in [6, 6.07) is 3.36. The number of nitrogens with one attached hydrogen (secondary N) is 1. The summed E-state index contributed by atoms with van der Waals surface area (Å²) >= 11 is 0. The van der Waals surface area contributed by atoms with Crippen LogP contribution >= 0.6 is 0 Å². The zero-order valence-electron chi connectivity index (χ0n) is 9.77. The van der Waals surface area contributed by atoms with E-state index in [1.807, 2.05) is 0 Å². The quantitative estimate of drug-likeness (QED) is 0.805. The van der Waals surface area contributed by atoms with Crippen molar-refractivity contribution in [3.63, 3.8) is 0 Å². The topological polar surface area (TPSA) is 12.0 Å². The summed E-state index contributed by atoms with van der Waals surface area (Å²) in [5, 5.41) is 2.56. The van der Waals surface area contributed by atoms with Crippen LogP contribution in [0.4, 0.5) is 22.0 Å². The van der Waals surface area contributed by atoms with Crippen molar-refractivity contribution < 1.29 is 22.0 Å². The van der Waals surface area contributed by atoms with Gasteiger partial charge < -0.3 is 5.32 Å². The van der Waals surface area contributed by atoms with Crippen LogP contribution in [0.5, 0.6) is 0 Å². The Hall–Kier alpha value is -1.17. The van der Waals surface area contributed by atoms with Gasteiger partial charge in [0.2, 0.25) is 0 Å². The first kappa shape index (κ1) is 14.9. The van der Waals surface area contributed by atoms with Crippen molar-refractivity contribution in [2.45, 2.75) is 32.0 Å². The Morgan fingerprint density at radius 3 is 2.39 bits per heavy atom. The van der Waals surface area contributed by atoms with E-state index >= 15 is 0 Å². The Bertz CT molecular complexity index is 375. The van der Waals surface area contributed by atoms with Crippen molar-refractivity contribution in [2.24, 2.45) is 0 Å². The van der Waals surface area contributed by atoms with E-state index in [0.29, 0.717) is 6.54 Å². The van der Waals surface area contributed by atoms with Crippen molar-refractivity contribution in [3.05, 3.63) is 35.4 Å². The number of rotatable bonds is 5. The first-order valence-electron chi connectivity index (χ1n) is 5.52. The Balaban J connectivity index is 2.83. The zero-order valence-corrected chi connectivity index (χ0v) is 9.77. The van der Waals surface area contributed by atoms with Crippen molar-refractivity contribution >= 4 is 0 Å². The molecule has 0 aliphatic heterocycles. The second-order valence-corrected chi connectivity index (χ2v) is 3.90. The Morgan fingerprint density at radius 1 is 1.22 bits per heavy atom. The summed E-state index contributed by atoms with van der Waals surface area (Å²) in [5.41, 5.74) is -0.569. The molecule has 1 rings (SSSR count). The predicted octanol–water partition coefficient (Wildman–Crippen LogP) is 3.49. The molecule has 1 aromatic carbocycles. The Kier molecular flexibility index (Phi) is 5.07. The van der Waals surface area contributed by atoms with E-state index < -0.39 is 24.2 Å². The van der Waals surface area contributed by atoms with Gasteiger partial charge in [0, 0.05) is 0 Å². The normalized spacial score (nSPS) is 13.9. The molecule has 0 heterocycles. The fourth-order valence-corrected chi connectivity index (χ4v) is 1.64. The molecular formula is C12H14F5N. The van der Waals surface area contributed by atoms with Crippen LogP contribution in [-0.4, -0.2) is 19.0 Å². The number of halogens is 5. The molecule has 1 aromatic rings. The van der Waals surface area contributed by atoms with Gasteiger partial charge in [0.1, 0.15) is 0 Å². The minimum atomic E-state index is -4.45. The van der Waals surface area contributed by atoms with Crippen molar-refractivity contribution in [1.82, 2.24) is 5.32 Å². The third-order valence-electron chi connectivity index (χ3n) is 2.48. The molecule has 6 heteroatoms. The van der Waals surface area contributed by atoms with Crippen LogP contribution in [0.15, 0.2) is 24.3 Å². The summed E-state index contributed by atoms with van der Waals surface area (Å²) in [6.45, 7) is 2.01. The summed E-state index contributed by atoms with van der Waals surface area (Å²) in [6.07, 6.45) is -7.19. The van der Waals surface area contributed by atoms with Crippen LogP contribution in [0.2, 0.25) is 0 Å². The van der Waals surface area contributed by atoms with E-state index in [4.69, 9.17) is 0 Å². The molecule has 0 radical (unpaired) electrons. The van der Waals surface area contributed by atoms with E-state index in [2.05, 4.69) is 5.32 Å². The predicted molar refractivity (Wildman–Crippen MR) is 58.6 cm³/mol. The summed E-state index contributed by atoms with van der Waals surface area (Å²) in [7, 11) is 0. The van der Waals surface area contributed by atoms with E-state index in [1.54, 1.807) is 6.92 Å². The molecule has 0 spiro atoms. The van der Waals surface area contributed by atoms with E-state index in [-0.39, 0.29) is 12.0 Å². The molecule has 1 unspecified atom stereocenters. The summed E-state index contributed by atoms with van der Waals surface area (Å²) < 4.78 is 62.6. The fourth-order valence-electron chi connectivity index (χ4n) is 1.64. The first-order chi connectivity index (χ1) is 8.34. The van der Waals surface area contributed by atoms with Crippen molar-refractivity contribution in [3.8, 4) is 0 Å². The number of hydrogen-bond acceptors (Lipinski definition) is 1. The lowest BCUT2D eigenvalue weighted by Crippen LogP contribution is -2.37. The number of benzene rings is 1. The maximum atomic E-state index is 12.6. The second kappa shape index (κ2) is 6.13. The van der Waals surface area contributed by atoms with Gasteiger partial charge in [0.05, 0.1) is 11.6 Å². The molecule has 0 saturated heterocycles. The monoisotopic (exact) mass is 267 g/mol. The number of hydrogen-bond donors (Lipinski definition) is 1. The molecule has 1 atom stereocenters. The molecule has 102 valence electrons. The van der Waals surface area contributed by atoms with E-state index in [1.165, 1.54) is 12.1 Å². The second-order valence-electron chi connectivity index (χ2n) is 3.90. The highest BCUT2D eigenvalue weighted by Crippen LogP contribution is 2.29. The lowest BCUT2D eigenvalue weighted by molar-refractivity contribution is -0.137. The molecule has 0 fully saturated rings. The molecule has 0 amide bonds. The number of alkyl halides is 5. The van der Waals surface area contributed by atoms with Crippen LogP contribution in [0.25, 0.3) is 0 Å². The third kappa shape index (κ3) is 4.25. The lowest BCUT2D eigenvalue weighted by Gasteiger charge is -2.17. The van der Waals surface area contributed by atoms with Crippen LogP contribution in [0.3, 0.4) is 0 Å². The van der Waals surface area contributed by atoms with Crippen molar-refractivity contribution in [1.29, 1.82) is 0 Å². The standard InChI is InChI=1S/C12H14F5N/c1-2-18-10(11(13)14)7-8-4-3-5-9(6-8)12(15,16)17/h3-6,10-11,18H,2,7H2,1H3. The Labute approximate surface area is 102 Å². The van der Waals surface area contributed by atoms with Crippen LogP contribution in [0, 0.1) is 0 Å². The van der Waals surface area contributed by atoms with Gasteiger partial charge in [-0.2, -0.15) is 13.2 Å². The van der Waals surface area contributed by atoms with Gasteiger partial charge in [-0.3, -0.25) is 0 Å². The molecule has 0 aliphatic rings. The smallest absolute Gasteiger partial charge is 0.309 e. The van der Waals surface area contributed by atoms with Crippen LogP contribution < -0.4 is 5.32 Å². The van der Waals surface area contributed by atoms with Crippen LogP contribution in [-0.2, 0) is 12.6 Å². The van der Waals surface area contributed by atoms with Crippen molar-refractivity contribution in [2.75, 3.05) is 6.54 Å². The van der Waals surface area contributed by atoms with Gasteiger partial charge in [0.15, 0.2) is 0 Å². The molecule has 0 bridgehead atoms. The van der Waals surface area contributed by atoms with Gasteiger partial charge in [-0.25, -0.2) is 8.78 Å². The Morgan fingerprint density at radius 2 is 1.89 bits per heavy atom. The minimum absolute atomic E-state index is 0.130. The molecule has 0 saturated carbocycles. The van der Waals surface area contributed by atoms with Gasteiger partial charge in [-0.15, -0.1) is 0 Å². The molecule has 0 aromatic heterocycles. The molecule has 0 aliphatic carbocycles. The largest absolute Gasteiger partial charge is 0.416 e. The SMILES string of the molecule is CCNC(Cc1cccc(C(F)(F)F)c1)C(F)F. The average Bonchev–Trinajstić information content (AvgIpc) is 2.27. The fraction of sp³-hybridized carbons (Fsp3) is 0.500. The molecule has 18 heavy (non-hydrogen) atoms. The molecule has 1 N–H and O–H groups in total. The average molecular weight is 267 g/mol. The maximum absolute atomic E-state index is 12.6. The van der Waals surface area contributed by atoms with E-state index in [0.717, 1.165) is 12.1 Å². The summed E-state index contributed by atoms with van der Waals surface area (Å²) in [5.74, 6) is 0. The zero-order chi connectivity index (χ0) is 13.8. The van der Waals surface area contributed by atoms with Crippen LogP contribution in [0.1, 0.15) is 18.1 Å². The van der Waals surface area contributed by atoms with E-state index in [9.17, 15) is 22.0 Å². The lowest BCUT2D eigenvalue weighted by atomic mass is 10.0.